The van der Waals surface area contributed by atoms with Crippen molar-refractivity contribution in [1.29, 1.82) is 0 Å². The van der Waals surface area contributed by atoms with Crippen molar-refractivity contribution in [1.82, 2.24) is 9.97 Å². The second-order valence-corrected chi connectivity index (χ2v) is 6.72. The molecule has 144 valence electrons. The number of rotatable bonds is 4. The maximum Gasteiger partial charge on any atom is 0.146 e. The average Bonchev–Trinajstić information content (AvgIpc) is 2.70. The number of hydrogen-bond donors (Lipinski definition) is 1. The molecule has 2 aromatic carbocycles. The molecular formula is C21H21F2N5. The number of halogens is 2. The van der Waals surface area contributed by atoms with Gasteiger partial charge in [0.2, 0.25) is 0 Å². The molecule has 3 aromatic rings. The molecule has 4 rings (SSSR count). The lowest BCUT2D eigenvalue weighted by Crippen LogP contribution is -2.47. The van der Waals surface area contributed by atoms with Crippen molar-refractivity contribution in [3.63, 3.8) is 0 Å². The lowest BCUT2D eigenvalue weighted by atomic mass is 10.2. The third kappa shape index (κ3) is 4.03. The van der Waals surface area contributed by atoms with Gasteiger partial charge in [-0.05, 0) is 43.3 Å². The first-order valence-corrected chi connectivity index (χ1v) is 9.21. The Bertz CT molecular complexity index is 953. The SMILES string of the molecule is Cc1nc(Nc2ccc(F)cc2)cc(N2CCN(c3ccccc3F)CC2)n1. The number of benzene rings is 2. The molecule has 1 aliphatic heterocycles. The molecule has 0 saturated carbocycles. The quantitative estimate of drug-likeness (QED) is 0.736. The molecule has 1 saturated heterocycles. The summed E-state index contributed by atoms with van der Waals surface area (Å²) in [6, 6.07) is 14.9. The summed E-state index contributed by atoms with van der Waals surface area (Å²) in [4.78, 5) is 13.2. The molecule has 2 heterocycles. The van der Waals surface area contributed by atoms with Crippen LogP contribution in [0.4, 0.5) is 31.8 Å². The van der Waals surface area contributed by atoms with E-state index in [4.69, 9.17) is 0 Å². The zero-order chi connectivity index (χ0) is 19.5. The van der Waals surface area contributed by atoms with Crippen molar-refractivity contribution in [2.45, 2.75) is 6.92 Å². The van der Waals surface area contributed by atoms with Gasteiger partial charge < -0.3 is 15.1 Å². The van der Waals surface area contributed by atoms with Crippen molar-refractivity contribution >= 4 is 23.0 Å². The predicted molar refractivity (Wildman–Crippen MR) is 107 cm³/mol. The molecule has 28 heavy (non-hydrogen) atoms. The van der Waals surface area contributed by atoms with Crippen molar-refractivity contribution in [3.05, 3.63) is 72.1 Å². The van der Waals surface area contributed by atoms with Gasteiger partial charge in [-0.15, -0.1) is 0 Å². The molecule has 1 aromatic heterocycles. The largest absolute Gasteiger partial charge is 0.366 e. The highest BCUT2D eigenvalue weighted by molar-refractivity contribution is 5.60. The van der Waals surface area contributed by atoms with E-state index in [0.29, 0.717) is 30.4 Å². The number of aromatic nitrogens is 2. The van der Waals surface area contributed by atoms with Crippen LogP contribution in [0.1, 0.15) is 5.82 Å². The van der Waals surface area contributed by atoms with E-state index in [2.05, 4.69) is 25.1 Å². The van der Waals surface area contributed by atoms with Crippen LogP contribution in [-0.2, 0) is 0 Å². The smallest absolute Gasteiger partial charge is 0.146 e. The first kappa shape index (κ1) is 18.2. The Morgan fingerprint density at radius 3 is 2.25 bits per heavy atom. The number of para-hydroxylation sites is 1. The summed E-state index contributed by atoms with van der Waals surface area (Å²) < 4.78 is 27.1. The monoisotopic (exact) mass is 381 g/mol. The van der Waals surface area contributed by atoms with E-state index < -0.39 is 0 Å². The van der Waals surface area contributed by atoms with Crippen molar-refractivity contribution in [2.24, 2.45) is 0 Å². The van der Waals surface area contributed by atoms with Crippen LogP contribution in [0.3, 0.4) is 0 Å². The Kier molecular flexibility index (Phi) is 5.06. The predicted octanol–water partition coefficient (Wildman–Crippen LogP) is 4.13. The molecule has 0 amide bonds. The fraction of sp³-hybridized carbons (Fsp3) is 0.238. The summed E-state index contributed by atoms with van der Waals surface area (Å²) in [5.41, 5.74) is 1.40. The molecule has 7 heteroatoms. The van der Waals surface area contributed by atoms with E-state index in [0.717, 1.165) is 24.6 Å². The lowest BCUT2D eigenvalue weighted by Gasteiger charge is -2.37. The first-order valence-electron chi connectivity index (χ1n) is 9.21. The topological polar surface area (TPSA) is 44.3 Å². The van der Waals surface area contributed by atoms with E-state index in [1.807, 2.05) is 25.1 Å². The number of piperazine rings is 1. The van der Waals surface area contributed by atoms with Gasteiger partial charge in [-0.1, -0.05) is 12.1 Å². The highest BCUT2D eigenvalue weighted by Gasteiger charge is 2.21. The Morgan fingerprint density at radius 1 is 0.857 bits per heavy atom. The molecule has 0 spiro atoms. The summed E-state index contributed by atoms with van der Waals surface area (Å²) in [5.74, 6) is 1.66. The molecule has 1 fully saturated rings. The molecule has 1 N–H and O–H groups in total. The normalized spacial score (nSPS) is 14.2. The van der Waals surface area contributed by atoms with E-state index in [1.54, 1.807) is 18.2 Å². The molecule has 0 aliphatic carbocycles. The second-order valence-electron chi connectivity index (χ2n) is 6.72. The van der Waals surface area contributed by atoms with Crippen LogP contribution >= 0.6 is 0 Å². The van der Waals surface area contributed by atoms with Gasteiger partial charge in [0.15, 0.2) is 0 Å². The minimum absolute atomic E-state index is 0.195. The highest BCUT2D eigenvalue weighted by atomic mass is 19.1. The molecule has 0 atom stereocenters. The van der Waals surface area contributed by atoms with Gasteiger partial charge in [0.1, 0.15) is 29.1 Å². The van der Waals surface area contributed by atoms with Gasteiger partial charge >= 0.3 is 0 Å². The third-order valence-corrected chi connectivity index (χ3v) is 4.74. The molecule has 0 radical (unpaired) electrons. The maximum atomic E-state index is 14.0. The summed E-state index contributed by atoms with van der Waals surface area (Å²) >= 11 is 0. The zero-order valence-corrected chi connectivity index (χ0v) is 15.6. The van der Waals surface area contributed by atoms with E-state index in [1.165, 1.54) is 18.2 Å². The summed E-state index contributed by atoms with van der Waals surface area (Å²) in [6.45, 7) is 4.74. The van der Waals surface area contributed by atoms with Crippen LogP contribution in [0.2, 0.25) is 0 Å². The Balaban J connectivity index is 1.47. The maximum absolute atomic E-state index is 14.0. The lowest BCUT2D eigenvalue weighted by molar-refractivity contribution is 0.596. The molecule has 5 nitrogen and oxygen atoms in total. The third-order valence-electron chi connectivity index (χ3n) is 4.74. The first-order chi connectivity index (χ1) is 13.6. The van der Waals surface area contributed by atoms with E-state index >= 15 is 0 Å². The van der Waals surface area contributed by atoms with Gasteiger partial charge in [0.25, 0.3) is 0 Å². The van der Waals surface area contributed by atoms with Crippen molar-refractivity contribution in [2.75, 3.05) is 41.3 Å². The van der Waals surface area contributed by atoms with Crippen LogP contribution in [0.25, 0.3) is 0 Å². The summed E-state index contributed by atoms with van der Waals surface area (Å²) in [7, 11) is 0. The zero-order valence-electron chi connectivity index (χ0n) is 15.6. The van der Waals surface area contributed by atoms with Crippen LogP contribution in [0, 0.1) is 18.6 Å². The van der Waals surface area contributed by atoms with Crippen molar-refractivity contribution in [3.8, 4) is 0 Å². The fourth-order valence-electron chi connectivity index (χ4n) is 3.34. The highest BCUT2D eigenvalue weighted by Crippen LogP contribution is 2.24. The number of anilines is 4. The van der Waals surface area contributed by atoms with E-state index in [9.17, 15) is 8.78 Å². The minimum Gasteiger partial charge on any atom is -0.366 e. The van der Waals surface area contributed by atoms with Gasteiger partial charge in [-0.25, -0.2) is 18.7 Å². The molecule has 0 bridgehead atoms. The average molecular weight is 381 g/mol. The molecular weight excluding hydrogens is 360 g/mol. The van der Waals surface area contributed by atoms with Gasteiger partial charge in [0.05, 0.1) is 5.69 Å². The van der Waals surface area contributed by atoms with Crippen LogP contribution in [-0.4, -0.2) is 36.1 Å². The fourth-order valence-corrected chi connectivity index (χ4v) is 3.34. The molecule has 0 unspecified atom stereocenters. The Labute approximate surface area is 162 Å². The van der Waals surface area contributed by atoms with Crippen molar-refractivity contribution < 1.29 is 8.78 Å². The summed E-state index contributed by atoms with van der Waals surface area (Å²) in [5, 5.41) is 3.19. The number of nitrogens with zero attached hydrogens (tertiary/aromatic N) is 4. The van der Waals surface area contributed by atoms with Crippen LogP contribution < -0.4 is 15.1 Å². The van der Waals surface area contributed by atoms with Gasteiger partial charge in [-0.2, -0.15) is 0 Å². The Morgan fingerprint density at radius 2 is 1.54 bits per heavy atom. The minimum atomic E-state index is -0.280. The van der Waals surface area contributed by atoms with Crippen LogP contribution in [0.5, 0.6) is 0 Å². The number of aryl methyl sites for hydroxylation is 1. The molecule has 1 aliphatic rings. The summed E-state index contributed by atoms with van der Waals surface area (Å²) in [6.07, 6.45) is 0. The standard InChI is InChI=1S/C21H21F2N5/c1-15-24-20(26-17-8-6-16(22)7-9-17)14-21(25-15)28-12-10-27(11-13-28)19-5-3-2-4-18(19)23/h2-9,14H,10-13H2,1H3,(H,24,25,26). The van der Waals surface area contributed by atoms with Gasteiger partial charge in [-0.3, -0.25) is 0 Å². The van der Waals surface area contributed by atoms with Crippen LogP contribution in [0.15, 0.2) is 54.6 Å². The Hall–Kier alpha value is -3.22. The number of nitrogens with one attached hydrogen (secondary N) is 1. The van der Waals surface area contributed by atoms with E-state index in [-0.39, 0.29) is 11.6 Å². The second kappa shape index (κ2) is 7.80. The van der Waals surface area contributed by atoms with Gasteiger partial charge in [0, 0.05) is 37.9 Å². The number of hydrogen-bond acceptors (Lipinski definition) is 5.